The Labute approximate surface area is 115 Å². The molecule has 0 aliphatic carbocycles. The van der Waals surface area contributed by atoms with Crippen LogP contribution in [0.15, 0.2) is 41.3 Å². The zero-order chi connectivity index (χ0) is 13.7. The van der Waals surface area contributed by atoms with Crippen molar-refractivity contribution in [1.29, 1.82) is 0 Å². The average Bonchev–Trinajstić information content (AvgIpc) is 2.87. The lowest BCUT2D eigenvalue weighted by Gasteiger charge is -2.05. The molecule has 0 aromatic carbocycles. The van der Waals surface area contributed by atoms with E-state index in [2.05, 4.69) is 18.3 Å². The highest BCUT2D eigenvalue weighted by atomic mass is 32.1. The van der Waals surface area contributed by atoms with E-state index in [0.717, 1.165) is 11.3 Å². The van der Waals surface area contributed by atoms with E-state index in [4.69, 9.17) is 0 Å². The van der Waals surface area contributed by atoms with E-state index >= 15 is 0 Å². The summed E-state index contributed by atoms with van der Waals surface area (Å²) >= 11 is 1.70. The van der Waals surface area contributed by atoms with Gasteiger partial charge in [-0.25, -0.2) is 0 Å². The highest BCUT2D eigenvalue weighted by molar-refractivity contribution is 7.11. The largest absolute Gasteiger partial charge is 0.350 e. The maximum Gasteiger partial charge on any atom is 0.250 e. The molecular formula is C14H16N2O2S. The fourth-order valence-corrected chi connectivity index (χ4v) is 2.59. The summed E-state index contributed by atoms with van der Waals surface area (Å²) in [5, 5.41) is 2.82. The molecule has 0 atom stereocenters. The van der Waals surface area contributed by atoms with E-state index in [9.17, 15) is 9.59 Å². The molecule has 0 aliphatic rings. The van der Waals surface area contributed by atoms with Crippen molar-refractivity contribution >= 4 is 17.2 Å². The molecule has 100 valence electrons. The number of hydrogen-bond donors (Lipinski definition) is 1. The Morgan fingerprint density at radius 3 is 2.74 bits per heavy atom. The van der Waals surface area contributed by atoms with E-state index in [1.807, 2.05) is 6.07 Å². The Hall–Kier alpha value is -1.88. The molecule has 19 heavy (non-hydrogen) atoms. The summed E-state index contributed by atoms with van der Waals surface area (Å²) in [7, 11) is 0. The Morgan fingerprint density at radius 2 is 2.05 bits per heavy atom. The van der Waals surface area contributed by atoms with Gasteiger partial charge in [-0.05, 0) is 24.6 Å². The van der Waals surface area contributed by atoms with Gasteiger partial charge in [0, 0.05) is 22.0 Å². The average molecular weight is 276 g/mol. The number of rotatable bonds is 5. The molecule has 0 fully saturated rings. The van der Waals surface area contributed by atoms with Crippen LogP contribution in [0.25, 0.3) is 0 Å². The summed E-state index contributed by atoms with van der Waals surface area (Å²) in [4.78, 5) is 25.6. The third kappa shape index (κ3) is 3.79. The van der Waals surface area contributed by atoms with Crippen molar-refractivity contribution < 1.29 is 4.79 Å². The zero-order valence-electron chi connectivity index (χ0n) is 10.8. The van der Waals surface area contributed by atoms with Crippen LogP contribution in [0, 0.1) is 0 Å². The van der Waals surface area contributed by atoms with Crippen molar-refractivity contribution in [3.8, 4) is 0 Å². The number of carbonyl (C=O) groups excluding carboxylic acids is 1. The Kier molecular flexibility index (Phi) is 4.52. The molecule has 0 radical (unpaired) electrons. The summed E-state index contributed by atoms with van der Waals surface area (Å²) in [6, 6.07) is 8.95. The number of pyridine rings is 1. The number of amides is 1. The molecule has 0 saturated carbocycles. The summed E-state index contributed by atoms with van der Waals surface area (Å²) in [5.41, 5.74) is -0.165. The van der Waals surface area contributed by atoms with Crippen molar-refractivity contribution in [2.24, 2.45) is 0 Å². The minimum atomic E-state index is -0.165. The van der Waals surface area contributed by atoms with Gasteiger partial charge in [0.15, 0.2) is 0 Å². The van der Waals surface area contributed by atoms with Crippen LogP contribution in [0.5, 0.6) is 0 Å². The zero-order valence-corrected chi connectivity index (χ0v) is 11.6. The van der Waals surface area contributed by atoms with Crippen LogP contribution in [0.2, 0.25) is 0 Å². The second-order valence-corrected chi connectivity index (χ2v) is 5.42. The number of nitrogens with zero attached hydrogens (tertiary/aromatic N) is 1. The second kappa shape index (κ2) is 6.33. The fourth-order valence-electron chi connectivity index (χ4n) is 1.69. The van der Waals surface area contributed by atoms with E-state index < -0.39 is 0 Å². The van der Waals surface area contributed by atoms with Crippen molar-refractivity contribution in [1.82, 2.24) is 9.88 Å². The van der Waals surface area contributed by atoms with Gasteiger partial charge in [0.2, 0.25) is 5.91 Å². The predicted molar refractivity (Wildman–Crippen MR) is 76.2 cm³/mol. The predicted octanol–water partition coefficient (Wildman–Crippen LogP) is 1.79. The first-order chi connectivity index (χ1) is 9.19. The molecule has 1 amide bonds. The number of nitrogens with one attached hydrogen (secondary N) is 1. The summed E-state index contributed by atoms with van der Waals surface area (Å²) in [5.74, 6) is -0.153. The first kappa shape index (κ1) is 13.5. The normalized spacial score (nSPS) is 10.4. The quantitative estimate of drug-likeness (QED) is 0.905. The lowest BCUT2D eigenvalue weighted by Crippen LogP contribution is -2.31. The Balaban J connectivity index is 1.88. The topological polar surface area (TPSA) is 51.1 Å². The lowest BCUT2D eigenvalue weighted by atomic mass is 10.3. The van der Waals surface area contributed by atoms with Gasteiger partial charge < -0.3 is 9.88 Å². The van der Waals surface area contributed by atoms with Crippen LogP contribution >= 0.6 is 11.3 Å². The molecule has 2 heterocycles. The molecule has 4 nitrogen and oxygen atoms in total. The Bertz CT molecular complexity index is 616. The van der Waals surface area contributed by atoms with Crippen molar-refractivity contribution in [3.63, 3.8) is 0 Å². The number of carbonyl (C=O) groups is 1. The minimum Gasteiger partial charge on any atom is -0.350 e. The SMILES string of the molecule is CCc1ccc(CNC(=O)Cn2ccccc2=O)s1. The van der Waals surface area contributed by atoms with E-state index in [1.54, 1.807) is 29.7 Å². The number of hydrogen-bond acceptors (Lipinski definition) is 3. The maximum atomic E-state index is 11.7. The van der Waals surface area contributed by atoms with Gasteiger partial charge in [-0.1, -0.05) is 13.0 Å². The molecule has 0 saturated heterocycles. The van der Waals surface area contributed by atoms with Crippen molar-refractivity contribution in [3.05, 3.63) is 56.6 Å². The third-order valence-electron chi connectivity index (χ3n) is 2.74. The van der Waals surface area contributed by atoms with Crippen LogP contribution in [-0.4, -0.2) is 10.5 Å². The van der Waals surface area contributed by atoms with Crippen LogP contribution < -0.4 is 10.9 Å². The smallest absolute Gasteiger partial charge is 0.250 e. The Morgan fingerprint density at radius 1 is 1.26 bits per heavy atom. The lowest BCUT2D eigenvalue weighted by molar-refractivity contribution is -0.121. The fraction of sp³-hybridized carbons (Fsp3) is 0.286. The van der Waals surface area contributed by atoms with Gasteiger partial charge in [-0.2, -0.15) is 0 Å². The molecule has 2 aromatic heterocycles. The van der Waals surface area contributed by atoms with Gasteiger partial charge in [0.05, 0.1) is 6.54 Å². The first-order valence-electron chi connectivity index (χ1n) is 6.19. The second-order valence-electron chi connectivity index (χ2n) is 4.17. The van der Waals surface area contributed by atoms with E-state index in [-0.39, 0.29) is 18.0 Å². The summed E-state index contributed by atoms with van der Waals surface area (Å²) < 4.78 is 1.39. The first-order valence-corrected chi connectivity index (χ1v) is 7.00. The van der Waals surface area contributed by atoms with E-state index in [0.29, 0.717) is 6.54 Å². The molecule has 2 aromatic rings. The third-order valence-corrected chi connectivity index (χ3v) is 3.97. The van der Waals surface area contributed by atoms with Crippen LogP contribution in [0.3, 0.4) is 0 Å². The standard InChI is InChI=1S/C14H16N2O2S/c1-2-11-6-7-12(19-11)9-15-13(17)10-16-8-4-3-5-14(16)18/h3-8H,2,9-10H2,1H3,(H,15,17). The van der Waals surface area contributed by atoms with Gasteiger partial charge in [0.25, 0.3) is 5.56 Å². The van der Waals surface area contributed by atoms with Gasteiger partial charge >= 0.3 is 0 Å². The maximum absolute atomic E-state index is 11.7. The van der Waals surface area contributed by atoms with Gasteiger partial charge in [0.1, 0.15) is 6.54 Å². The molecule has 0 unspecified atom stereocenters. The highest BCUT2D eigenvalue weighted by Crippen LogP contribution is 2.16. The number of thiophene rings is 1. The van der Waals surface area contributed by atoms with Crippen LogP contribution in [0.4, 0.5) is 0 Å². The van der Waals surface area contributed by atoms with Gasteiger partial charge in [-0.3, -0.25) is 9.59 Å². The van der Waals surface area contributed by atoms with Gasteiger partial charge in [-0.15, -0.1) is 11.3 Å². The number of aromatic nitrogens is 1. The van der Waals surface area contributed by atoms with E-state index in [1.165, 1.54) is 15.5 Å². The molecule has 0 bridgehead atoms. The van der Waals surface area contributed by atoms with Crippen molar-refractivity contribution in [2.75, 3.05) is 0 Å². The molecular weight excluding hydrogens is 260 g/mol. The van der Waals surface area contributed by atoms with Crippen LogP contribution in [0.1, 0.15) is 16.7 Å². The molecule has 2 rings (SSSR count). The van der Waals surface area contributed by atoms with Crippen molar-refractivity contribution in [2.45, 2.75) is 26.4 Å². The van der Waals surface area contributed by atoms with Crippen LogP contribution in [-0.2, 0) is 24.3 Å². The highest BCUT2D eigenvalue weighted by Gasteiger charge is 2.05. The molecule has 5 heteroatoms. The number of aryl methyl sites for hydroxylation is 1. The monoisotopic (exact) mass is 276 g/mol. The molecule has 0 spiro atoms. The molecule has 0 aliphatic heterocycles. The molecule has 1 N–H and O–H groups in total. The summed E-state index contributed by atoms with van der Waals surface area (Å²) in [6.45, 7) is 2.69. The summed E-state index contributed by atoms with van der Waals surface area (Å²) in [6.07, 6.45) is 2.63. The minimum absolute atomic E-state index is 0.0612.